The van der Waals surface area contributed by atoms with E-state index in [4.69, 9.17) is 0 Å². The molecule has 1 aromatic rings. The van der Waals surface area contributed by atoms with Crippen molar-refractivity contribution in [1.29, 1.82) is 5.26 Å². The molecule has 1 unspecified atom stereocenters. The number of nitriles is 1. The third-order valence-electron chi connectivity index (χ3n) is 5.87. The molecular formula is C20H27N5O3. The van der Waals surface area contributed by atoms with E-state index in [1.54, 1.807) is 13.0 Å². The van der Waals surface area contributed by atoms with Crippen LogP contribution in [0.1, 0.15) is 37.3 Å². The van der Waals surface area contributed by atoms with Gasteiger partial charge in [0.05, 0.1) is 28.7 Å². The molecule has 0 saturated carbocycles. The van der Waals surface area contributed by atoms with E-state index in [-0.39, 0.29) is 11.6 Å². The molecule has 0 spiro atoms. The number of nitro groups is 1. The number of piperazine rings is 1. The lowest BCUT2D eigenvalue weighted by Crippen LogP contribution is -2.52. The topological polar surface area (TPSA) is 93.7 Å². The number of likely N-dealkylation sites (tertiary alicyclic amines) is 1. The van der Waals surface area contributed by atoms with Crippen molar-refractivity contribution in [2.24, 2.45) is 0 Å². The van der Waals surface area contributed by atoms with Gasteiger partial charge in [0.1, 0.15) is 0 Å². The van der Waals surface area contributed by atoms with Crippen LogP contribution in [0.25, 0.3) is 0 Å². The van der Waals surface area contributed by atoms with Crippen LogP contribution < -0.4 is 4.90 Å². The zero-order chi connectivity index (χ0) is 20.3. The van der Waals surface area contributed by atoms with Crippen molar-refractivity contribution in [3.8, 4) is 6.07 Å². The Hall–Kier alpha value is -2.66. The number of hydrogen-bond donors (Lipinski definition) is 0. The fraction of sp³-hybridized carbons (Fsp3) is 0.600. The van der Waals surface area contributed by atoms with Crippen LogP contribution in [-0.2, 0) is 4.79 Å². The van der Waals surface area contributed by atoms with Crippen LogP contribution in [0.4, 0.5) is 11.4 Å². The number of piperidine rings is 1. The Bertz CT molecular complexity index is 796. The summed E-state index contributed by atoms with van der Waals surface area (Å²) in [5.41, 5.74) is 1.59. The first-order chi connectivity index (χ1) is 13.4. The number of carbonyl (C=O) groups excluding carboxylic acids is 1. The second-order valence-electron chi connectivity index (χ2n) is 7.70. The van der Waals surface area contributed by atoms with E-state index in [0.717, 1.165) is 38.2 Å². The zero-order valence-corrected chi connectivity index (χ0v) is 16.6. The number of nitrogens with zero attached hydrogens (tertiary/aromatic N) is 5. The predicted molar refractivity (Wildman–Crippen MR) is 106 cm³/mol. The van der Waals surface area contributed by atoms with Crippen molar-refractivity contribution in [1.82, 2.24) is 9.80 Å². The maximum absolute atomic E-state index is 12.6. The predicted octanol–water partition coefficient (Wildman–Crippen LogP) is 2.30. The Morgan fingerprint density at radius 2 is 1.96 bits per heavy atom. The quantitative estimate of drug-likeness (QED) is 0.583. The van der Waals surface area contributed by atoms with Gasteiger partial charge in [-0.3, -0.25) is 19.8 Å². The molecule has 1 amide bonds. The fourth-order valence-electron chi connectivity index (χ4n) is 4.16. The molecule has 2 heterocycles. The van der Waals surface area contributed by atoms with E-state index in [1.165, 1.54) is 12.5 Å². The molecule has 0 radical (unpaired) electrons. The van der Waals surface area contributed by atoms with Crippen molar-refractivity contribution >= 4 is 17.3 Å². The van der Waals surface area contributed by atoms with Crippen LogP contribution in [0.15, 0.2) is 12.1 Å². The molecule has 0 aliphatic carbocycles. The first kappa shape index (κ1) is 20.1. The van der Waals surface area contributed by atoms with E-state index in [0.29, 0.717) is 36.8 Å². The minimum absolute atomic E-state index is 0.0225. The summed E-state index contributed by atoms with van der Waals surface area (Å²) in [6.07, 6.45) is 3.35. The summed E-state index contributed by atoms with van der Waals surface area (Å²) < 4.78 is 0. The number of anilines is 1. The lowest BCUT2D eigenvalue weighted by atomic mass is 10.0. The Morgan fingerprint density at radius 3 is 2.57 bits per heavy atom. The summed E-state index contributed by atoms with van der Waals surface area (Å²) >= 11 is 0. The minimum atomic E-state index is -0.436. The highest BCUT2D eigenvalue weighted by Crippen LogP contribution is 2.31. The molecule has 1 aromatic carbocycles. The van der Waals surface area contributed by atoms with Crippen LogP contribution in [-0.4, -0.2) is 65.9 Å². The van der Waals surface area contributed by atoms with Gasteiger partial charge in [0.2, 0.25) is 5.91 Å². The summed E-state index contributed by atoms with van der Waals surface area (Å²) in [6, 6.07) is 5.38. The third kappa shape index (κ3) is 4.25. The van der Waals surface area contributed by atoms with Gasteiger partial charge in [0.15, 0.2) is 0 Å². The minimum Gasteiger partial charge on any atom is -0.369 e. The number of amides is 1. The van der Waals surface area contributed by atoms with Gasteiger partial charge < -0.3 is 9.80 Å². The Morgan fingerprint density at radius 1 is 1.25 bits per heavy atom. The van der Waals surface area contributed by atoms with Crippen molar-refractivity contribution in [2.45, 2.75) is 39.2 Å². The van der Waals surface area contributed by atoms with Crippen molar-refractivity contribution < 1.29 is 9.72 Å². The highest BCUT2D eigenvalue weighted by atomic mass is 16.6. The van der Waals surface area contributed by atoms with E-state index in [9.17, 15) is 20.2 Å². The van der Waals surface area contributed by atoms with Gasteiger partial charge in [0, 0.05) is 50.5 Å². The molecule has 0 aromatic heterocycles. The Balaban J connectivity index is 1.64. The molecule has 8 heteroatoms. The van der Waals surface area contributed by atoms with Gasteiger partial charge in [-0.15, -0.1) is 0 Å². The van der Waals surface area contributed by atoms with Gasteiger partial charge in [-0.25, -0.2) is 0 Å². The molecule has 0 N–H and O–H groups in total. The monoisotopic (exact) mass is 385 g/mol. The summed E-state index contributed by atoms with van der Waals surface area (Å²) in [7, 11) is 0. The van der Waals surface area contributed by atoms with E-state index < -0.39 is 4.92 Å². The first-order valence-electron chi connectivity index (χ1n) is 9.86. The van der Waals surface area contributed by atoms with Crippen LogP contribution in [0, 0.1) is 28.4 Å². The molecule has 2 aliphatic rings. The van der Waals surface area contributed by atoms with Crippen LogP contribution in [0.5, 0.6) is 0 Å². The van der Waals surface area contributed by atoms with E-state index >= 15 is 0 Å². The molecule has 150 valence electrons. The average molecular weight is 385 g/mol. The Kier molecular flexibility index (Phi) is 6.15. The smallest absolute Gasteiger partial charge is 0.275 e. The molecule has 28 heavy (non-hydrogen) atoms. The highest BCUT2D eigenvalue weighted by Gasteiger charge is 2.27. The maximum Gasteiger partial charge on any atom is 0.275 e. The van der Waals surface area contributed by atoms with E-state index in [2.05, 4.69) is 16.7 Å². The third-order valence-corrected chi connectivity index (χ3v) is 5.87. The summed E-state index contributed by atoms with van der Waals surface area (Å²) in [6.45, 7) is 7.91. The van der Waals surface area contributed by atoms with E-state index in [1.807, 2.05) is 11.0 Å². The SMILES string of the molecule is Cc1c(N2CCN(CC(=O)N3CCCCC3C)CC2)cc(C#N)cc1[N+](=O)[O-]. The summed E-state index contributed by atoms with van der Waals surface area (Å²) in [5.74, 6) is 0.193. The zero-order valence-electron chi connectivity index (χ0n) is 16.6. The highest BCUT2D eigenvalue weighted by molar-refractivity contribution is 5.78. The van der Waals surface area contributed by atoms with Crippen LogP contribution in [0.2, 0.25) is 0 Å². The van der Waals surface area contributed by atoms with Crippen molar-refractivity contribution in [3.63, 3.8) is 0 Å². The lowest BCUT2D eigenvalue weighted by Gasteiger charge is -2.39. The van der Waals surface area contributed by atoms with Crippen molar-refractivity contribution in [2.75, 3.05) is 44.2 Å². The number of nitro benzene ring substituents is 1. The standard InChI is InChI=1S/C20H27N5O3/c1-15-5-3-4-6-24(15)20(26)14-22-7-9-23(10-8-22)18-11-17(13-21)12-19(16(18)2)25(27)28/h11-12,15H,3-10,14H2,1-2H3. The number of benzene rings is 1. The number of hydrogen-bond acceptors (Lipinski definition) is 6. The fourth-order valence-corrected chi connectivity index (χ4v) is 4.16. The lowest BCUT2D eigenvalue weighted by molar-refractivity contribution is -0.385. The maximum atomic E-state index is 12.6. The van der Waals surface area contributed by atoms with Gasteiger partial charge in [0.25, 0.3) is 5.69 Å². The Labute approximate surface area is 165 Å². The molecule has 1 atom stereocenters. The van der Waals surface area contributed by atoms with Gasteiger partial charge in [-0.1, -0.05) is 0 Å². The van der Waals surface area contributed by atoms with Gasteiger partial charge in [-0.2, -0.15) is 5.26 Å². The molecule has 2 saturated heterocycles. The summed E-state index contributed by atoms with van der Waals surface area (Å²) in [5, 5.41) is 20.5. The summed E-state index contributed by atoms with van der Waals surface area (Å²) in [4.78, 5) is 29.7. The normalized spacial score (nSPS) is 20.7. The molecule has 2 fully saturated rings. The molecule has 3 rings (SSSR count). The van der Waals surface area contributed by atoms with Gasteiger partial charge >= 0.3 is 0 Å². The second kappa shape index (κ2) is 8.57. The second-order valence-corrected chi connectivity index (χ2v) is 7.70. The van der Waals surface area contributed by atoms with Gasteiger partial charge in [-0.05, 0) is 39.2 Å². The van der Waals surface area contributed by atoms with Crippen LogP contribution >= 0.6 is 0 Å². The number of rotatable bonds is 4. The first-order valence-corrected chi connectivity index (χ1v) is 9.86. The van der Waals surface area contributed by atoms with Crippen LogP contribution in [0.3, 0.4) is 0 Å². The molecular weight excluding hydrogens is 358 g/mol. The average Bonchev–Trinajstić information content (AvgIpc) is 2.69. The van der Waals surface area contributed by atoms with Crippen molar-refractivity contribution in [3.05, 3.63) is 33.4 Å². The number of carbonyl (C=O) groups is 1. The molecule has 8 nitrogen and oxygen atoms in total. The molecule has 0 bridgehead atoms. The molecule has 2 aliphatic heterocycles. The largest absolute Gasteiger partial charge is 0.369 e.